The molecular formula is C11H12FNO4S. The molecule has 1 fully saturated rings. The highest BCUT2D eigenvalue weighted by molar-refractivity contribution is 7.89. The minimum Gasteiger partial charge on any atom is -0.478 e. The number of nitrogens with zero attached hydrogens (tertiary/aromatic N) is 1. The van der Waals surface area contributed by atoms with Gasteiger partial charge >= 0.3 is 5.97 Å². The van der Waals surface area contributed by atoms with Crippen LogP contribution in [0.1, 0.15) is 16.8 Å². The normalized spacial score (nSPS) is 21.1. The Balaban J connectivity index is 2.35. The average molecular weight is 273 g/mol. The van der Waals surface area contributed by atoms with Crippen LogP contribution in [0, 0.1) is 0 Å². The maximum absolute atomic E-state index is 13.0. The van der Waals surface area contributed by atoms with E-state index in [0.717, 1.165) is 10.4 Å². The SMILES string of the molecule is O=C(O)c1cccc(S(=O)(=O)N2CC[C@H](F)C2)c1. The molecule has 0 unspecified atom stereocenters. The zero-order chi connectivity index (χ0) is 13.3. The number of aromatic carboxylic acids is 1. The van der Waals surface area contributed by atoms with Gasteiger partial charge in [-0.1, -0.05) is 6.07 Å². The fourth-order valence-electron chi connectivity index (χ4n) is 1.84. The van der Waals surface area contributed by atoms with Gasteiger partial charge in [0.2, 0.25) is 10.0 Å². The third-order valence-electron chi connectivity index (χ3n) is 2.81. The van der Waals surface area contributed by atoms with Gasteiger partial charge in [-0.3, -0.25) is 0 Å². The lowest BCUT2D eigenvalue weighted by Gasteiger charge is -2.15. The molecule has 1 aliphatic heterocycles. The Morgan fingerprint density at radius 3 is 2.72 bits per heavy atom. The Hall–Kier alpha value is -1.47. The van der Waals surface area contributed by atoms with Gasteiger partial charge in [-0.15, -0.1) is 0 Å². The molecule has 0 spiro atoms. The molecule has 1 heterocycles. The highest BCUT2D eigenvalue weighted by Gasteiger charge is 2.32. The molecule has 0 amide bonds. The van der Waals surface area contributed by atoms with Crippen LogP contribution in [-0.2, 0) is 10.0 Å². The van der Waals surface area contributed by atoms with Gasteiger partial charge in [-0.2, -0.15) is 4.31 Å². The lowest BCUT2D eigenvalue weighted by atomic mass is 10.2. The van der Waals surface area contributed by atoms with E-state index in [1.54, 1.807) is 0 Å². The van der Waals surface area contributed by atoms with Crippen LogP contribution in [0.3, 0.4) is 0 Å². The number of alkyl halides is 1. The van der Waals surface area contributed by atoms with Gasteiger partial charge in [0, 0.05) is 13.1 Å². The third kappa shape index (κ3) is 2.37. The van der Waals surface area contributed by atoms with Crippen molar-refractivity contribution in [1.82, 2.24) is 4.31 Å². The van der Waals surface area contributed by atoms with Gasteiger partial charge in [0.25, 0.3) is 0 Å². The molecule has 0 aliphatic carbocycles. The first kappa shape index (κ1) is 13.0. The quantitative estimate of drug-likeness (QED) is 0.895. The molecular weight excluding hydrogens is 261 g/mol. The molecule has 7 heteroatoms. The van der Waals surface area contributed by atoms with Gasteiger partial charge in [-0.25, -0.2) is 17.6 Å². The number of sulfonamides is 1. The predicted octanol–water partition coefficient (Wildman–Crippen LogP) is 1.12. The molecule has 2 rings (SSSR count). The summed E-state index contributed by atoms with van der Waals surface area (Å²) in [5.41, 5.74) is -0.105. The summed E-state index contributed by atoms with van der Waals surface area (Å²) in [5, 5.41) is 8.81. The topological polar surface area (TPSA) is 74.7 Å². The Kier molecular flexibility index (Phi) is 3.36. The molecule has 1 aromatic carbocycles. The van der Waals surface area contributed by atoms with E-state index in [2.05, 4.69) is 0 Å². The third-order valence-corrected chi connectivity index (χ3v) is 4.67. The number of hydrogen-bond acceptors (Lipinski definition) is 3. The fourth-order valence-corrected chi connectivity index (χ4v) is 3.37. The number of carboxylic acids is 1. The van der Waals surface area contributed by atoms with Crippen LogP contribution in [0.5, 0.6) is 0 Å². The number of carboxylic acid groups (broad SMARTS) is 1. The van der Waals surface area contributed by atoms with Crippen molar-refractivity contribution in [2.75, 3.05) is 13.1 Å². The van der Waals surface area contributed by atoms with Crippen molar-refractivity contribution in [2.24, 2.45) is 0 Å². The summed E-state index contributed by atoms with van der Waals surface area (Å²) in [6, 6.07) is 5.07. The molecule has 18 heavy (non-hydrogen) atoms. The number of hydrogen-bond donors (Lipinski definition) is 1. The standard InChI is InChI=1S/C11H12FNO4S/c12-9-4-5-13(7-9)18(16,17)10-3-1-2-8(6-10)11(14)15/h1-3,6,9H,4-5,7H2,(H,14,15)/t9-/m0/s1. The zero-order valence-corrected chi connectivity index (χ0v) is 10.2. The second-order valence-electron chi connectivity index (χ2n) is 4.08. The predicted molar refractivity (Wildman–Crippen MR) is 61.7 cm³/mol. The van der Waals surface area contributed by atoms with Gasteiger partial charge in [0.05, 0.1) is 10.5 Å². The highest BCUT2D eigenvalue weighted by atomic mass is 32.2. The van der Waals surface area contributed by atoms with E-state index >= 15 is 0 Å². The number of benzene rings is 1. The summed E-state index contributed by atoms with van der Waals surface area (Å²) >= 11 is 0. The van der Waals surface area contributed by atoms with E-state index in [1.165, 1.54) is 18.2 Å². The van der Waals surface area contributed by atoms with Crippen LogP contribution >= 0.6 is 0 Å². The Morgan fingerprint density at radius 2 is 2.17 bits per heavy atom. The van der Waals surface area contributed by atoms with Crippen molar-refractivity contribution in [3.8, 4) is 0 Å². The van der Waals surface area contributed by atoms with Crippen LogP contribution in [-0.4, -0.2) is 43.1 Å². The van der Waals surface area contributed by atoms with E-state index in [0.29, 0.717) is 0 Å². The minimum atomic E-state index is -3.80. The Morgan fingerprint density at radius 1 is 1.44 bits per heavy atom. The molecule has 0 aromatic heterocycles. The van der Waals surface area contributed by atoms with Crippen molar-refractivity contribution >= 4 is 16.0 Å². The average Bonchev–Trinajstić information content (AvgIpc) is 2.77. The van der Waals surface area contributed by atoms with Crippen molar-refractivity contribution in [1.29, 1.82) is 0 Å². The summed E-state index contributed by atoms with van der Waals surface area (Å²) in [5.74, 6) is -1.20. The number of rotatable bonds is 3. The molecule has 1 aliphatic rings. The summed E-state index contributed by atoms with van der Waals surface area (Å²) in [6.07, 6.45) is -0.972. The molecule has 98 valence electrons. The second kappa shape index (κ2) is 4.66. The lowest BCUT2D eigenvalue weighted by molar-refractivity contribution is 0.0696. The van der Waals surface area contributed by atoms with E-state index in [4.69, 9.17) is 5.11 Å². The number of carbonyl (C=O) groups is 1. The largest absolute Gasteiger partial charge is 0.478 e. The van der Waals surface area contributed by atoms with Crippen LogP contribution in [0.2, 0.25) is 0 Å². The highest BCUT2D eigenvalue weighted by Crippen LogP contribution is 2.23. The van der Waals surface area contributed by atoms with Crippen molar-refractivity contribution in [3.63, 3.8) is 0 Å². The van der Waals surface area contributed by atoms with Crippen LogP contribution in [0.15, 0.2) is 29.2 Å². The van der Waals surface area contributed by atoms with E-state index < -0.39 is 22.2 Å². The summed E-state index contributed by atoms with van der Waals surface area (Å²) in [7, 11) is -3.80. The molecule has 5 nitrogen and oxygen atoms in total. The summed E-state index contributed by atoms with van der Waals surface area (Å²) in [4.78, 5) is 10.7. The smallest absolute Gasteiger partial charge is 0.335 e. The molecule has 1 saturated heterocycles. The Bertz CT molecular complexity index is 572. The van der Waals surface area contributed by atoms with Crippen molar-refractivity contribution in [3.05, 3.63) is 29.8 Å². The van der Waals surface area contributed by atoms with Crippen molar-refractivity contribution < 1.29 is 22.7 Å². The van der Waals surface area contributed by atoms with Gasteiger partial charge in [-0.05, 0) is 24.6 Å². The van der Waals surface area contributed by atoms with Crippen LogP contribution < -0.4 is 0 Å². The lowest BCUT2D eigenvalue weighted by Crippen LogP contribution is -2.29. The molecule has 1 aromatic rings. The van der Waals surface area contributed by atoms with E-state index in [9.17, 15) is 17.6 Å². The zero-order valence-electron chi connectivity index (χ0n) is 9.41. The van der Waals surface area contributed by atoms with E-state index in [1.807, 2.05) is 0 Å². The van der Waals surface area contributed by atoms with Gasteiger partial charge in [0.15, 0.2) is 0 Å². The second-order valence-corrected chi connectivity index (χ2v) is 6.02. The molecule has 1 N–H and O–H groups in total. The van der Waals surface area contributed by atoms with Crippen LogP contribution in [0.25, 0.3) is 0 Å². The van der Waals surface area contributed by atoms with Crippen LogP contribution in [0.4, 0.5) is 4.39 Å². The summed E-state index contributed by atoms with van der Waals surface area (Å²) in [6.45, 7) is -0.0412. The molecule has 1 atom stereocenters. The van der Waals surface area contributed by atoms with Gasteiger partial charge in [0.1, 0.15) is 6.17 Å². The molecule has 0 radical (unpaired) electrons. The minimum absolute atomic E-state index is 0.105. The maximum Gasteiger partial charge on any atom is 0.335 e. The fraction of sp³-hybridized carbons (Fsp3) is 0.364. The first-order chi connectivity index (χ1) is 8.41. The molecule has 0 saturated carbocycles. The van der Waals surface area contributed by atoms with Crippen molar-refractivity contribution in [2.45, 2.75) is 17.5 Å². The van der Waals surface area contributed by atoms with E-state index in [-0.39, 0.29) is 30.0 Å². The summed E-state index contributed by atoms with van der Waals surface area (Å²) < 4.78 is 38.3. The maximum atomic E-state index is 13.0. The monoisotopic (exact) mass is 273 g/mol. The first-order valence-electron chi connectivity index (χ1n) is 5.39. The Labute approximate surface area is 104 Å². The first-order valence-corrected chi connectivity index (χ1v) is 6.83. The molecule has 0 bridgehead atoms. The van der Waals surface area contributed by atoms with Gasteiger partial charge < -0.3 is 5.11 Å². The number of halogens is 1.